The molecule has 0 spiro atoms. The molecule has 0 aliphatic carbocycles. The number of piperidine rings is 1. The molecule has 1 fully saturated rings. The summed E-state index contributed by atoms with van der Waals surface area (Å²) in [5.41, 5.74) is 1.20. The second-order valence-electron chi connectivity index (χ2n) is 7.60. The summed E-state index contributed by atoms with van der Waals surface area (Å²) < 4.78 is 6.52. The van der Waals surface area contributed by atoms with Gasteiger partial charge in [-0.1, -0.05) is 28.1 Å². The van der Waals surface area contributed by atoms with Crippen LogP contribution < -0.4 is 10.6 Å². The average Bonchev–Trinajstić information content (AvgIpc) is 3.21. The van der Waals surface area contributed by atoms with Crippen molar-refractivity contribution in [3.05, 3.63) is 58.5 Å². The van der Waals surface area contributed by atoms with Gasteiger partial charge in [0.2, 0.25) is 0 Å². The maximum absolute atomic E-state index is 5.43. The van der Waals surface area contributed by atoms with Crippen LogP contribution in [0.25, 0.3) is 0 Å². The quantitative estimate of drug-likeness (QED) is 0.283. The van der Waals surface area contributed by atoms with Gasteiger partial charge in [0.25, 0.3) is 0 Å². The number of benzene rings is 1. The SMILES string of the molecule is CC(C)N1CCC(NC(=NCc2ccc(Br)cc2)NCCc2ccco2)CC1.I. The molecule has 2 heterocycles. The summed E-state index contributed by atoms with van der Waals surface area (Å²) in [5, 5.41) is 7.13. The van der Waals surface area contributed by atoms with Crippen LogP contribution in [0, 0.1) is 0 Å². The van der Waals surface area contributed by atoms with E-state index in [-0.39, 0.29) is 24.0 Å². The number of likely N-dealkylation sites (tertiary alicyclic amines) is 1. The Balaban J connectivity index is 0.00000300. The molecule has 1 saturated heterocycles. The minimum atomic E-state index is 0. The molecule has 0 bridgehead atoms. The van der Waals surface area contributed by atoms with Crippen LogP contribution in [-0.2, 0) is 13.0 Å². The Morgan fingerprint density at radius 1 is 1.21 bits per heavy atom. The van der Waals surface area contributed by atoms with Gasteiger partial charge in [-0.3, -0.25) is 0 Å². The molecule has 0 radical (unpaired) electrons. The number of halogens is 2. The Bertz CT molecular complexity index is 726. The van der Waals surface area contributed by atoms with Crippen LogP contribution >= 0.6 is 39.9 Å². The first-order chi connectivity index (χ1) is 13.6. The van der Waals surface area contributed by atoms with Crippen molar-refractivity contribution in [3.63, 3.8) is 0 Å². The molecule has 0 amide bonds. The highest BCUT2D eigenvalue weighted by atomic mass is 127. The van der Waals surface area contributed by atoms with Gasteiger partial charge in [-0.05, 0) is 56.5 Å². The highest BCUT2D eigenvalue weighted by Crippen LogP contribution is 2.14. The lowest BCUT2D eigenvalue weighted by atomic mass is 10.0. The summed E-state index contributed by atoms with van der Waals surface area (Å²) >= 11 is 3.49. The van der Waals surface area contributed by atoms with Crippen LogP contribution in [0.3, 0.4) is 0 Å². The molecule has 29 heavy (non-hydrogen) atoms. The zero-order chi connectivity index (χ0) is 19.8. The lowest BCUT2D eigenvalue weighted by Crippen LogP contribution is -2.50. The fraction of sp³-hybridized carbons (Fsp3) is 0.500. The zero-order valence-electron chi connectivity index (χ0n) is 17.2. The molecule has 1 aromatic heterocycles. The second kappa shape index (κ2) is 12.6. The van der Waals surface area contributed by atoms with E-state index in [1.807, 2.05) is 12.1 Å². The number of aliphatic imine (C=N–C) groups is 1. The number of nitrogens with zero attached hydrogens (tertiary/aromatic N) is 2. The van der Waals surface area contributed by atoms with Crippen LogP contribution in [0.5, 0.6) is 0 Å². The Morgan fingerprint density at radius 3 is 2.55 bits per heavy atom. The van der Waals surface area contributed by atoms with Crippen molar-refractivity contribution in [3.8, 4) is 0 Å². The van der Waals surface area contributed by atoms with Crippen molar-refractivity contribution in [2.75, 3.05) is 19.6 Å². The summed E-state index contributed by atoms with van der Waals surface area (Å²) in [6.45, 7) is 8.28. The average molecular weight is 575 g/mol. The van der Waals surface area contributed by atoms with E-state index >= 15 is 0 Å². The van der Waals surface area contributed by atoms with Crippen molar-refractivity contribution in [1.29, 1.82) is 0 Å². The topological polar surface area (TPSA) is 52.8 Å². The molecule has 0 atom stereocenters. The summed E-state index contributed by atoms with van der Waals surface area (Å²) in [5.74, 6) is 1.88. The van der Waals surface area contributed by atoms with E-state index in [2.05, 4.69) is 69.6 Å². The molecular weight excluding hydrogens is 543 g/mol. The van der Waals surface area contributed by atoms with Crippen LogP contribution in [0.2, 0.25) is 0 Å². The molecule has 1 aliphatic heterocycles. The van der Waals surface area contributed by atoms with Gasteiger partial charge in [-0.2, -0.15) is 0 Å². The molecule has 2 N–H and O–H groups in total. The van der Waals surface area contributed by atoms with Crippen molar-refractivity contribution >= 4 is 45.9 Å². The number of guanidine groups is 1. The lowest BCUT2D eigenvalue weighted by molar-refractivity contribution is 0.167. The molecular formula is C22H32BrIN4O. The van der Waals surface area contributed by atoms with E-state index in [0.717, 1.165) is 55.1 Å². The van der Waals surface area contributed by atoms with E-state index < -0.39 is 0 Å². The van der Waals surface area contributed by atoms with Gasteiger partial charge in [0.15, 0.2) is 5.96 Å². The Morgan fingerprint density at radius 2 is 1.93 bits per heavy atom. The number of nitrogens with one attached hydrogen (secondary N) is 2. The van der Waals surface area contributed by atoms with Gasteiger partial charge in [0.1, 0.15) is 5.76 Å². The van der Waals surface area contributed by atoms with Gasteiger partial charge < -0.3 is 20.0 Å². The van der Waals surface area contributed by atoms with Gasteiger partial charge in [-0.25, -0.2) is 4.99 Å². The van der Waals surface area contributed by atoms with Crippen LogP contribution in [0.4, 0.5) is 0 Å². The Labute approximate surface area is 199 Å². The summed E-state index contributed by atoms with van der Waals surface area (Å²) in [4.78, 5) is 7.37. The molecule has 160 valence electrons. The van der Waals surface area contributed by atoms with E-state index in [9.17, 15) is 0 Å². The third kappa shape index (κ3) is 8.30. The van der Waals surface area contributed by atoms with Crippen molar-refractivity contribution in [1.82, 2.24) is 15.5 Å². The third-order valence-corrected chi connectivity index (χ3v) is 5.71. The minimum Gasteiger partial charge on any atom is -0.469 e. The predicted octanol–water partition coefficient (Wildman–Crippen LogP) is 4.81. The van der Waals surface area contributed by atoms with E-state index in [0.29, 0.717) is 18.6 Å². The first-order valence-corrected chi connectivity index (χ1v) is 10.9. The molecule has 5 nitrogen and oxygen atoms in total. The molecule has 0 saturated carbocycles. The fourth-order valence-electron chi connectivity index (χ4n) is 3.43. The third-order valence-electron chi connectivity index (χ3n) is 5.18. The van der Waals surface area contributed by atoms with Gasteiger partial charge in [0.05, 0.1) is 12.8 Å². The van der Waals surface area contributed by atoms with Gasteiger partial charge in [0, 0.05) is 42.6 Å². The summed E-state index contributed by atoms with van der Waals surface area (Å²) in [7, 11) is 0. The molecule has 7 heteroatoms. The van der Waals surface area contributed by atoms with Gasteiger partial charge in [-0.15, -0.1) is 24.0 Å². The van der Waals surface area contributed by atoms with Crippen molar-refractivity contribution in [2.45, 2.75) is 51.7 Å². The van der Waals surface area contributed by atoms with Crippen LogP contribution in [0.1, 0.15) is 38.0 Å². The number of furan rings is 1. The number of hydrogen-bond donors (Lipinski definition) is 2. The lowest BCUT2D eigenvalue weighted by Gasteiger charge is -2.35. The van der Waals surface area contributed by atoms with E-state index in [1.165, 1.54) is 5.56 Å². The highest BCUT2D eigenvalue weighted by molar-refractivity contribution is 14.0. The number of rotatable bonds is 7. The van der Waals surface area contributed by atoms with E-state index in [1.54, 1.807) is 6.26 Å². The molecule has 2 aromatic rings. The van der Waals surface area contributed by atoms with E-state index in [4.69, 9.17) is 9.41 Å². The fourth-order valence-corrected chi connectivity index (χ4v) is 3.69. The summed E-state index contributed by atoms with van der Waals surface area (Å²) in [6, 6.07) is 13.4. The standard InChI is InChI=1S/C22H31BrN4O.HI/c1-17(2)27-13-10-20(11-14-27)26-22(24-12-9-21-4-3-15-28-21)25-16-18-5-7-19(23)8-6-18;/h3-8,15,17,20H,9-14,16H2,1-2H3,(H2,24,25,26);1H. The first kappa shape index (κ1) is 24.2. The zero-order valence-corrected chi connectivity index (χ0v) is 21.2. The monoisotopic (exact) mass is 574 g/mol. The van der Waals surface area contributed by atoms with Crippen molar-refractivity contribution in [2.24, 2.45) is 4.99 Å². The Hall–Kier alpha value is -1.06. The molecule has 0 unspecified atom stereocenters. The van der Waals surface area contributed by atoms with Crippen LogP contribution in [-0.4, -0.2) is 42.6 Å². The molecule has 1 aromatic carbocycles. The Kier molecular flexibility index (Phi) is 10.5. The second-order valence-corrected chi connectivity index (χ2v) is 8.51. The summed E-state index contributed by atoms with van der Waals surface area (Å²) in [6.07, 6.45) is 4.86. The molecule has 1 aliphatic rings. The van der Waals surface area contributed by atoms with Crippen molar-refractivity contribution < 1.29 is 4.42 Å². The smallest absolute Gasteiger partial charge is 0.191 e. The highest BCUT2D eigenvalue weighted by Gasteiger charge is 2.21. The first-order valence-electron chi connectivity index (χ1n) is 10.2. The normalized spacial score (nSPS) is 15.9. The minimum absolute atomic E-state index is 0. The van der Waals surface area contributed by atoms with Crippen LogP contribution in [0.15, 0.2) is 56.5 Å². The molecule has 3 rings (SSSR count). The maximum atomic E-state index is 5.43. The largest absolute Gasteiger partial charge is 0.469 e. The predicted molar refractivity (Wildman–Crippen MR) is 134 cm³/mol. The van der Waals surface area contributed by atoms with Gasteiger partial charge >= 0.3 is 0 Å². The maximum Gasteiger partial charge on any atom is 0.191 e. The number of hydrogen-bond acceptors (Lipinski definition) is 3.